The maximum Gasteiger partial charge on any atom is 0.392 e. The minimum atomic E-state index is -4.10. The Morgan fingerprint density at radius 1 is 1.14 bits per heavy atom. The van der Waals surface area contributed by atoms with Gasteiger partial charge in [-0.1, -0.05) is 37.1 Å². The summed E-state index contributed by atoms with van der Waals surface area (Å²) in [6, 6.07) is 7.84. The number of rotatable bonds is 3. The van der Waals surface area contributed by atoms with Crippen molar-refractivity contribution in [1.82, 2.24) is 0 Å². The Morgan fingerprint density at radius 2 is 1.86 bits per heavy atom. The average molecular weight is 297 g/mol. The first kappa shape index (κ1) is 14.9. The molecule has 3 rings (SSSR count). The lowest BCUT2D eigenvalue weighted by Crippen LogP contribution is -2.44. The number of hydrogen-bond acceptors (Lipinski definition) is 1. The second kappa shape index (κ2) is 5.64. The molecule has 1 nitrogen and oxygen atoms in total. The predicted molar refractivity (Wildman–Crippen MR) is 77.0 cm³/mol. The topological polar surface area (TPSA) is 26.0 Å². The van der Waals surface area contributed by atoms with Gasteiger partial charge >= 0.3 is 6.18 Å². The summed E-state index contributed by atoms with van der Waals surface area (Å²) < 4.78 is 39.5. The summed E-state index contributed by atoms with van der Waals surface area (Å²) in [5.41, 5.74) is 8.81. The molecule has 0 spiro atoms. The molecule has 0 saturated heterocycles. The number of alkyl halides is 3. The molecule has 4 heteroatoms. The van der Waals surface area contributed by atoms with Gasteiger partial charge in [0.2, 0.25) is 0 Å². The Morgan fingerprint density at radius 3 is 2.57 bits per heavy atom. The zero-order valence-electron chi connectivity index (χ0n) is 12.1. The van der Waals surface area contributed by atoms with Crippen LogP contribution in [0.1, 0.15) is 49.1 Å². The minimum Gasteiger partial charge on any atom is -0.327 e. The maximum atomic E-state index is 13.2. The second-order valence-corrected chi connectivity index (χ2v) is 6.60. The van der Waals surface area contributed by atoms with Crippen LogP contribution >= 0.6 is 0 Å². The average Bonchev–Trinajstić information content (AvgIpc) is 2.43. The van der Waals surface area contributed by atoms with E-state index in [9.17, 15) is 13.2 Å². The summed E-state index contributed by atoms with van der Waals surface area (Å²) in [7, 11) is 0. The zero-order valence-corrected chi connectivity index (χ0v) is 12.1. The van der Waals surface area contributed by atoms with Gasteiger partial charge in [0.1, 0.15) is 0 Å². The molecule has 0 aromatic heterocycles. The quantitative estimate of drug-likeness (QED) is 0.878. The van der Waals surface area contributed by atoms with Crippen molar-refractivity contribution in [1.29, 1.82) is 0 Å². The molecule has 1 fully saturated rings. The molecule has 2 aliphatic carbocycles. The van der Waals surface area contributed by atoms with Crippen LogP contribution in [0.25, 0.3) is 0 Å². The fourth-order valence-electron chi connectivity index (χ4n) is 4.15. The number of fused-ring (bicyclic) bond motifs is 1. The summed E-state index contributed by atoms with van der Waals surface area (Å²) in [5, 5.41) is 0. The molecule has 0 heterocycles. The predicted octanol–water partition coefficient (Wildman–Crippen LogP) is 4.41. The molecule has 116 valence electrons. The van der Waals surface area contributed by atoms with Crippen molar-refractivity contribution in [3.05, 3.63) is 35.4 Å². The first-order chi connectivity index (χ1) is 9.97. The molecular weight excluding hydrogens is 275 g/mol. The van der Waals surface area contributed by atoms with Gasteiger partial charge in [0, 0.05) is 6.04 Å². The molecule has 1 aromatic rings. The zero-order chi connectivity index (χ0) is 15.0. The van der Waals surface area contributed by atoms with E-state index in [-0.39, 0.29) is 12.5 Å². The van der Waals surface area contributed by atoms with E-state index < -0.39 is 18.0 Å². The molecule has 0 amide bonds. The van der Waals surface area contributed by atoms with Gasteiger partial charge in [-0.25, -0.2) is 0 Å². The number of halogens is 3. The van der Waals surface area contributed by atoms with E-state index >= 15 is 0 Å². The molecule has 4 unspecified atom stereocenters. The Kier molecular flexibility index (Phi) is 4.00. The van der Waals surface area contributed by atoms with Crippen molar-refractivity contribution in [3.63, 3.8) is 0 Å². The number of benzene rings is 1. The van der Waals surface area contributed by atoms with E-state index in [2.05, 4.69) is 12.1 Å². The van der Waals surface area contributed by atoms with Crippen LogP contribution in [0.3, 0.4) is 0 Å². The molecule has 1 saturated carbocycles. The van der Waals surface area contributed by atoms with E-state index in [4.69, 9.17) is 5.73 Å². The molecule has 0 aliphatic heterocycles. The highest BCUT2D eigenvalue weighted by molar-refractivity contribution is 5.39. The van der Waals surface area contributed by atoms with E-state index in [1.165, 1.54) is 11.1 Å². The summed E-state index contributed by atoms with van der Waals surface area (Å²) in [6.07, 6.45) is -0.00352. The molecule has 21 heavy (non-hydrogen) atoms. The van der Waals surface area contributed by atoms with E-state index in [0.29, 0.717) is 25.2 Å². The summed E-state index contributed by atoms with van der Waals surface area (Å²) in [6.45, 7) is 0. The fraction of sp³-hybridized carbons (Fsp3) is 0.647. The van der Waals surface area contributed by atoms with Crippen LogP contribution in [0.2, 0.25) is 0 Å². The van der Waals surface area contributed by atoms with Crippen molar-refractivity contribution in [2.75, 3.05) is 0 Å². The monoisotopic (exact) mass is 297 g/mol. The third-order valence-corrected chi connectivity index (χ3v) is 5.31. The van der Waals surface area contributed by atoms with Crippen LogP contribution in [-0.4, -0.2) is 12.2 Å². The largest absolute Gasteiger partial charge is 0.392 e. The lowest BCUT2D eigenvalue weighted by atomic mass is 9.69. The third-order valence-electron chi connectivity index (χ3n) is 5.31. The molecule has 0 bridgehead atoms. The first-order valence-corrected chi connectivity index (χ1v) is 7.87. The van der Waals surface area contributed by atoms with Crippen LogP contribution in [0.5, 0.6) is 0 Å². The molecule has 2 aliphatic rings. The highest BCUT2D eigenvalue weighted by atomic mass is 19.4. The Hall–Kier alpha value is -1.03. The van der Waals surface area contributed by atoms with Gasteiger partial charge in [-0.3, -0.25) is 0 Å². The van der Waals surface area contributed by atoms with Crippen molar-refractivity contribution in [3.8, 4) is 0 Å². The summed E-state index contributed by atoms with van der Waals surface area (Å²) >= 11 is 0. The lowest BCUT2D eigenvalue weighted by molar-refractivity contribution is -0.198. The Balaban J connectivity index is 1.66. The van der Waals surface area contributed by atoms with Crippen LogP contribution in [0, 0.1) is 11.8 Å². The maximum absolute atomic E-state index is 13.2. The van der Waals surface area contributed by atoms with Crippen molar-refractivity contribution < 1.29 is 13.2 Å². The molecule has 1 aromatic carbocycles. The highest BCUT2D eigenvalue weighted by Crippen LogP contribution is 2.45. The van der Waals surface area contributed by atoms with E-state index in [1.807, 2.05) is 12.1 Å². The van der Waals surface area contributed by atoms with Crippen LogP contribution < -0.4 is 5.73 Å². The Labute approximate surface area is 123 Å². The van der Waals surface area contributed by atoms with Crippen LogP contribution in [0.15, 0.2) is 24.3 Å². The summed E-state index contributed by atoms with van der Waals surface area (Å²) in [4.78, 5) is 0. The van der Waals surface area contributed by atoms with Crippen LogP contribution in [-0.2, 0) is 6.42 Å². The Bertz CT molecular complexity index is 497. The fourth-order valence-corrected chi connectivity index (χ4v) is 4.15. The van der Waals surface area contributed by atoms with Crippen LogP contribution in [0.4, 0.5) is 13.2 Å². The minimum absolute atomic E-state index is 0.253. The number of nitrogens with two attached hydrogens (primary N) is 1. The van der Waals surface area contributed by atoms with Crippen molar-refractivity contribution in [2.45, 2.75) is 56.7 Å². The van der Waals surface area contributed by atoms with Crippen molar-refractivity contribution >= 4 is 0 Å². The normalized spacial score (nSPS) is 30.4. The van der Waals surface area contributed by atoms with Gasteiger partial charge in [-0.05, 0) is 48.6 Å². The molecule has 4 atom stereocenters. The first-order valence-electron chi connectivity index (χ1n) is 7.87. The smallest absolute Gasteiger partial charge is 0.327 e. The van der Waals surface area contributed by atoms with Gasteiger partial charge in [-0.15, -0.1) is 0 Å². The van der Waals surface area contributed by atoms with Gasteiger partial charge in [0.05, 0.1) is 5.92 Å². The van der Waals surface area contributed by atoms with Gasteiger partial charge < -0.3 is 5.73 Å². The molecule has 0 radical (unpaired) electrons. The number of hydrogen-bond donors (Lipinski definition) is 1. The molecule has 2 N–H and O–H groups in total. The van der Waals surface area contributed by atoms with Crippen molar-refractivity contribution in [2.24, 2.45) is 17.6 Å². The second-order valence-electron chi connectivity index (χ2n) is 6.60. The van der Waals surface area contributed by atoms with Gasteiger partial charge in [0.15, 0.2) is 0 Å². The third kappa shape index (κ3) is 2.96. The molecular formula is C17H22F3N. The van der Waals surface area contributed by atoms with Gasteiger partial charge in [-0.2, -0.15) is 13.2 Å². The standard InChI is InChI=1S/C17H22F3N/c18-17(19,20)15-8-4-3-7-14(15)16(21)10-12-9-11-5-1-2-6-13(11)12/h1-2,5-6,12,14-16H,3-4,7-10,21H2. The van der Waals surface area contributed by atoms with E-state index in [1.54, 1.807) is 0 Å². The highest BCUT2D eigenvalue weighted by Gasteiger charge is 2.47. The SMILES string of the molecule is NC(CC1Cc2ccccc21)C1CCCCC1C(F)(F)F. The van der Waals surface area contributed by atoms with E-state index in [0.717, 1.165) is 12.8 Å². The summed E-state index contributed by atoms with van der Waals surface area (Å²) in [5.74, 6) is -1.24. The van der Waals surface area contributed by atoms with Gasteiger partial charge in [0.25, 0.3) is 0 Å². The lowest BCUT2D eigenvalue weighted by Gasteiger charge is -2.39.